The van der Waals surface area contributed by atoms with E-state index in [0.717, 1.165) is 17.4 Å². The second-order valence-electron chi connectivity index (χ2n) is 12.6. The van der Waals surface area contributed by atoms with Crippen LogP contribution >= 0.6 is 0 Å². The third-order valence-electron chi connectivity index (χ3n) is 9.22. The first-order valence-electron chi connectivity index (χ1n) is 14.5. The van der Waals surface area contributed by atoms with Gasteiger partial charge in [0.05, 0.1) is 12.5 Å². The van der Waals surface area contributed by atoms with Crippen molar-refractivity contribution in [2.24, 2.45) is 17.8 Å². The first kappa shape index (κ1) is 28.6. The molecule has 1 spiro atoms. The van der Waals surface area contributed by atoms with E-state index in [-0.39, 0.29) is 11.7 Å². The van der Waals surface area contributed by atoms with Crippen molar-refractivity contribution in [2.45, 2.75) is 43.6 Å². The Bertz CT molecular complexity index is 1640. The summed E-state index contributed by atoms with van der Waals surface area (Å²) in [5.74, 6) is -4.89. The van der Waals surface area contributed by atoms with Crippen LogP contribution < -0.4 is 9.64 Å². The number of aldehydes is 1. The van der Waals surface area contributed by atoms with Gasteiger partial charge in [0.25, 0.3) is 0 Å². The van der Waals surface area contributed by atoms with E-state index in [1.807, 2.05) is 78.9 Å². The molecule has 3 aromatic rings. The number of amides is 1. The van der Waals surface area contributed by atoms with Crippen LogP contribution in [0.2, 0.25) is 0 Å². The molecule has 1 saturated carbocycles. The Hall–Kier alpha value is -4.52. The van der Waals surface area contributed by atoms with E-state index >= 15 is 0 Å². The van der Waals surface area contributed by atoms with E-state index in [1.165, 1.54) is 0 Å². The SMILES string of the molecule is COc1ccc2c(c1)[C@@]1(C(=O)N2C)[C@@H]2C(=O)[C@@H](C(=O)OC(C)(C)C)[C@H](c3ccccc3)[C@H]2C=C(C=O)[C@H]1c1ccccc1. The highest BCUT2D eigenvalue weighted by Gasteiger charge is 2.71. The molecule has 1 aliphatic heterocycles. The van der Waals surface area contributed by atoms with Crippen molar-refractivity contribution in [3.63, 3.8) is 0 Å². The van der Waals surface area contributed by atoms with Gasteiger partial charge in [0, 0.05) is 30.5 Å². The number of benzene rings is 3. The second-order valence-corrected chi connectivity index (χ2v) is 12.6. The zero-order valence-corrected chi connectivity index (χ0v) is 24.9. The summed E-state index contributed by atoms with van der Waals surface area (Å²) >= 11 is 0. The van der Waals surface area contributed by atoms with E-state index in [1.54, 1.807) is 45.9 Å². The number of methoxy groups -OCH3 is 1. The van der Waals surface area contributed by atoms with Gasteiger partial charge in [-0.2, -0.15) is 0 Å². The maximum atomic E-state index is 15.0. The molecule has 3 aromatic carbocycles. The molecule has 0 N–H and O–H groups in total. The Morgan fingerprint density at radius 1 is 0.930 bits per heavy atom. The lowest BCUT2D eigenvalue weighted by atomic mass is 9.52. The van der Waals surface area contributed by atoms with Crippen molar-refractivity contribution in [1.82, 2.24) is 0 Å². The number of Topliss-reactive ketones (excluding diaryl/α,β-unsaturated/α-hetero) is 1. The van der Waals surface area contributed by atoms with E-state index in [2.05, 4.69) is 0 Å². The number of hydrogen-bond acceptors (Lipinski definition) is 6. The molecule has 6 atom stereocenters. The number of anilines is 1. The Kier molecular flexibility index (Phi) is 6.87. The van der Waals surface area contributed by atoms with Crippen LogP contribution in [-0.2, 0) is 29.3 Å². The van der Waals surface area contributed by atoms with Gasteiger partial charge in [-0.25, -0.2) is 0 Å². The van der Waals surface area contributed by atoms with Crippen LogP contribution in [-0.4, -0.2) is 43.7 Å². The predicted octanol–water partition coefficient (Wildman–Crippen LogP) is 5.39. The standard InChI is InChI=1S/C36H35NO6/c1-35(2,3)43-33(40)29-28(21-12-8-6-9-13-21)25-18-23(20-38)30(22-14-10-7-11-15-22)36(31(25)32(29)39)26-19-24(42-5)16-17-27(26)37(4)34(36)41/h6-20,25,28-31H,1-5H3/t25-,28-,29+,30-,31+,36+/m1/s1. The smallest absolute Gasteiger partial charge is 0.317 e. The summed E-state index contributed by atoms with van der Waals surface area (Å²) < 4.78 is 11.5. The van der Waals surface area contributed by atoms with Gasteiger partial charge in [-0.15, -0.1) is 0 Å². The highest BCUT2D eigenvalue weighted by molar-refractivity contribution is 6.16. The summed E-state index contributed by atoms with van der Waals surface area (Å²) in [4.78, 5) is 58.4. The minimum absolute atomic E-state index is 0.294. The first-order valence-corrected chi connectivity index (χ1v) is 14.5. The number of esters is 1. The molecular formula is C36H35NO6. The molecule has 0 aromatic heterocycles. The molecule has 1 heterocycles. The van der Waals surface area contributed by atoms with Crippen LogP contribution in [0.4, 0.5) is 5.69 Å². The lowest BCUT2D eigenvalue weighted by molar-refractivity contribution is -0.162. The average Bonchev–Trinajstić information content (AvgIpc) is 3.41. The van der Waals surface area contributed by atoms with E-state index in [4.69, 9.17) is 9.47 Å². The Morgan fingerprint density at radius 3 is 2.14 bits per heavy atom. The molecule has 220 valence electrons. The van der Waals surface area contributed by atoms with Crippen LogP contribution in [0.5, 0.6) is 5.75 Å². The topological polar surface area (TPSA) is 90.0 Å². The number of ketones is 1. The number of nitrogens with zero attached hydrogens (tertiary/aromatic N) is 1. The molecule has 1 amide bonds. The Morgan fingerprint density at radius 2 is 1.56 bits per heavy atom. The molecule has 0 unspecified atom stereocenters. The van der Waals surface area contributed by atoms with Crippen LogP contribution in [0.1, 0.15) is 49.3 Å². The third kappa shape index (κ3) is 4.24. The largest absolute Gasteiger partial charge is 0.497 e. The van der Waals surface area contributed by atoms with Crippen LogP contribution in [0, 0.1) is 17.8 Å². The zero-order valence-electron chi connectivity index (χ0n) is 24.9. The number of rotatable bonds is 5. The molecule has 6 rings (SSSR count). The fourth-order valence-electron chi connectivity index (χ4n) is 7.75. The lowest BCUT2D eigenvalue weighted by Crippen LogP contribution is -2.55. The lowest BCUT2D eigenvalue weighted by Gasteiger charge is -2.46. The fraction of sp³-hybridized carbons (Fsp3) is 0.333. The molecule has 0 radical (unpaired) electrons. The van der Waals surface area contributed by atoms with E-state index in [0.29, 0.717) is 22.6 Å². The van der Waals surface area contributed by atoms with Gasteiger partial charge in [-0.1, -0.05) is 66.7 Å². The average molecular weight is 578 g/mol. The van der Waals surface area contributed by atoms with Crippen molar-refractivity contribution < 1.29 is 28.7 Å². The number of fused-ring (bicyclic) bond motifs is 4. The molecule has 0 saturated heterocycles. The number of allylic oxidation sites excluding steroid dienone is 2. The normalized spacial score (nSPS) is 27.9. The van der Waals surface area contributed by atoms with E-state index in [9.17, 15) is 19.2 Å². The predicted molar refractivity (Wildman–Crippen MR) is 162 cm³/mol. The minimum Gasteiger partial charge on any atom is -0.497 e. The number of hydrogen-bond donors (Lipinski definition) is 0. The Balaban J connectivity index is 1.69. The number of likely N-dealkylation sites (N-methyl/N-ethyl adjacent to an activating group) is 1. The van der Waals surface area contributed by atoms with Gasteiger partial charge in [0.15, 0.2) is 5.78 Å². The van der Waals surface area contributed by atoms with Crippen molar-refractivity contribution in [2.75, 3.05) is 19.1 Å². The molecule has 3 aliphatic rings. The molecule has 7 nitrogen and oxygen atoms in total. The van der Waals surface area contributed by atoms with Gasteiger partial charge in [0.1, 0.15) is 23.6 Å². The zero-order chi connectivity index (χ0) is 30.7. The molecule has 43 heavy (non-hydrogen) atoms. The third-order valence-corrected chi connectivity index (χ3v) is 9.22. The van der Waals surface area contributed by atoms with Gasteiger partial charge in [-0.05, 0) is 67.2 Å². The monoisotopic (exact) mass is 577 g/mol. The summed E-state index contributed by atoms with van der Waals surface area (Å²) in [7, 11) is 3.24. The van der Waals surface area contributed by atoms with Gasteiger partial charge >= 0.3 is 5.97 Å². The first-order chi connectivity index (χ1) is 20.5. The van der Waals surface area contributed by atoms with Gasteiger partial charge < -0.3 is 14.4 Å². The molecular weight excluding hydrogens is 542 g/mol. The molecule has 0 bridgehead atoms. The summed E-state index contributed by atoms with van der Waals surface area (Å²) in [5, 5.41) is 0. The summed E-state index contributed by atoms with van der Waals surface area (Å²) in [6.07, 6.45) is 2.64. The highest BCUT2D eigenvalue weighted by atomic mass is 16.6. The van der Waals surface area contributed by atoms with Crippen molar-refractivity contribution in [3.05, 3.63) is 107 Å². The molecule has 1 fully saturated rings. The fourth-order valence-corrected chi connectivity index (χ4v) is 7.75. The molecule has 7 heteroatoms. The maximum absolute atomic E-state index is 15.0. The van der Waals surface area contributed by atoms with Crippen molar-refractivity contribution in [3.8, 4) is 5.75 Å². The van der Waals surface area contributed by atoms with Gasteiger partial charge in [0.2, 0.25) is 5.91 Å². The van der Waals surface area contributed by atoms with Gasteiger partial charge in [-0.3, -0.25) is 19.2 Å². The summed E-state index contributed by atoms with van der Waals surface area (Å²) in [6.45, 7) is 5.30. The summed E-state index contributed by atoms with van der Waals surface area (Å²) in [6, 6.07) is 24.2. The quantitative estimate of drug-likeness (QED) is 0.230. The summed E-state index contributed by atoms with van der Waals surface area (Å²) in [5.41, 5.74) is 0.840. The number of carbonyl (C=O) groups excluding carboxylic acids is 4. The van der Waals surface area contributed by atoms with E-state index < -0.39 is 46.6 Å². The van der Waals surface area contributed by atoms with Crippen molar-refractivity contribution >= 4 is 29.6 Å². The molecule has 2 aliphatic carbocycles. The Labute approximate surface area is 251 Å². The van der Waals surface area contributed by atoms with Crippen LogP contribution in [0.25, 0.3) is 0 Å². The van der Waals surface area contributed by atoms with Crippen LogP contribution in [0.3, 0.4) is 0 Å². The second kappa shape index (κ2) is 10.3. The minimum atomic E-state index is -1.50. The van der Waals surface area contributed by atoms with Crippen molar-refractivity contribution in [1.29, 1.82) is 0 Å². The number of carbonyl (C=O) groups is 4. The van der Waals surface area contributed by atoms with Crippen LogP contribution in [0.15, 0.2) is 90.5 Å². The maximum Gasteiger partial charge on any atom is 0.317 e. The highest BCUT2D eigenvalue weighted by Crippen LogP contribution is 2.66. The number of ether oxygens (including phenoxy) is 2.